The number of nitrogens with zero attached hydrogens (tertiary/aromatic N) is 2. The fourth-order valence-corrected chi connectivity index (χ4v) is 1.85. The van der Waals surface area contributed by atoms with Gasteiger partial charge in [0, 0.05) is 12.6 Å². The molecule has 0 spiro atoms. The molecule has 0 aromatic rings. The fourth-order valence-electron chi connectivity index (χ4n) is 1.85. The van der Waals surface area contributed by atoms with E-state index in [2.05, 4.69) is 0 Å². The first-order valence-electron chi connectivity index (χ1n) is 5.44. The Hall–Kier alpha value is -1.10. The van der Waals surface area contributed by atoms with E-state index in [0.717, 1.165) is 12.8 Å². The van der Waals surface area contributed by atoms with Crippen LogP contribution in [0.25, 0.3) is 0 Å². The summed E-state index contributed by atoms with van der Waals surface area (Å²) >= 11 is 0. The van der Waals surface area contributed by atoms with E-state index in [0.29, 0.717) is 13.1 Å². The van der Waals surface area contributed by atoms with E-state index in [1.165, 1.54) is 4.90 Å². The van der Waals surface area contributed by atoms with Crippen molar-refractivity contribution in [2.75, 3.05) is 19.6 Å². The Morgan fingerprint density at radius 3 is 2.67 bits per heavy atom. The Bertz CT molecular complexity index is 288. The van der Waals surface area contributed by atoms with E-state index in [9.17, 15) is 9.59 Å². The molecule has 15 heavy (non-hydrogen) atoms. The van der Waals surface area contributed by atoms with Crippen molar-refractivity contribution in [1.29, 1.82) is 0 Å². The van der Waals surface area contributed by atoms with Gasteiger partial charge < -0.3 is 10.6 Å². The summed E-state index contributed by atoms with van der Waals surface area (Å²) in [5.41, 5.74) is 5.50. The Morgan fingerprint density at radius 2 is 2.13 bits per heavy atom. The third-order valence-corrected chi connectivity index (χ3v) is 2.92. The van der Waals surface area contributed by atoms with Crippen molar-refractivity contribution in [3.8, 4) is 0 Å². The molecule has 2 aliphatic rings. The largest absolute Gasteiger partial charge is 0.330 e. The van der Waals surface area contributed by atoms with Gasteiger partial charge in [-0.15, -0.1) is 0 Å². The highest BCUT2D eigenvalue weighted by Crippen LogP contribution is 2.30. The first kappa shape index (κ1) is 10.4. The number of imide groups is 1. The molecule has 1 atom stereocenters. The van der Waals surface area contributed by atoms with Crippen LogP contribution in [0.3, 0.4) is 0 Å². The van der Waals surface area contributed by atoms with Gasteiger partial charge in [-0.25, -0.2) is 4.79 Å². The quantitative estimate of drug-likeness (QED) is 0.666. The molecule has 0 aromatic heterocycles. The van der Waals surface area contributed by atoms with E-state index in [4.69, 9.17) is 5.73 Å². The molecular weight excluding hydrogens is 194 g/mol. The molecule has 1 aliphatic heterocycles. The van der Waals surface area contributed by atoms with Crippen LogP contribution in [0.5, 0.6) is 0 Å². The molecule has 1 unspecified atom stereocenters. The van der Waals surface area contributed by atoms with Crippen LogP contribution >= 0.6 is 0 Å². The van der Waals surface area contributed by atoms with Crippen LogP contribution in [-0.2, 0) is 4.79 Å². The van der Waals surface area contributed by atoms with Crippen molar-refractivity contribution in [3.05, 3.63) is 0 Å². The SMILES string of the molecule is CC(CN)CN1CC(=O)N(C2CC2)C1=O. The van der Waals surface area contributed by atoms with Crippen molar-refractivity contribution < 1.29 is 9.59 Å². The Balaban J connectivity index is 1.98. The number of carbonyl (C=O) groups is 2. The summed E-state index contributed by atoms with van der Waals surface area (Å²) < 4.78 is 0. The van der Waals surface area contributed by atoms with Gasteiger partial charge >= 0.3 is 6.03 Å². The molecule has 5 heteroatoms. The lowest BCUT2D eigenvalue weighted by molar-refractivity contribution is -0.125. The zero-order chi connectivity index (χ0) is 11.0. The average Bonchev–Trinajstić information content (AvgIpc) is 2.97. The molecule has 5 nitrogen and oxygen atoms in total. The zero-order valence-electron chi connectivity index (χ0n) is 8.98. The lowest BCUT2D eigenvalue weighted by Crippen LogP contribution is -2.37. The van der Waals surface area contributed by atoms with Crippen LogP contribution in [0.15, 0.2) is 0 Å². The van der Waals surface area contributed by atoms with Crippen LogP contribution in [0, 0.1) is 5.92 Å². The minimum atomic E-state index is -0.122. The number of hydrogen-bond donors (Lipinski definition) is 1. The van der Waals surface area contributed by atoms with Gasteiger partial charge in [-0.05, 0) is 25.3 Å². The number of urea groups is 1. The van der Waals surface area contributed by atoms with Crippen LogP contribution in [0.4, 0.5) is 4.79 Å². The van der Waals surface area contributed by atoms with Crippen molar-refractivity contribution >= 4 is 11.9 Å². The minimum absolute atomic E-state index is 0.0493. The Morgan fingerprint density at radius 1 is 1.47 bits per heavy atom. The highest BCUT2D eigenvalue weighted by atomic mass is 16.2. The molecule has 2 fully saturated rings. The summed E-state index contributed by atoms with van der Waals surface area (Å²) in [7, 11) is 0. The van der Waals surface area contributed by atoms with Crippen LogP contribution in [-0.4, -0.2) is 47.4 Å². The van der Waals surface area contributed by atoms with Crippen molar-refractivity contribution in [3.63, 3.8) is 0 Å². The van der Waals surface area contributed by atoms with Crippen molar-refractivity contribution in [2.45, 2.75) is 25.8 Å². The predicted molar refractivity (Wildman–Crippen MR) is 55.1 cm³/mol. The van der Waals surface area contributed by atoms with Gasteiger partial charge in [-0.1, -0.05) is 6.92 Å². The average molecular weight is 211 g/mol. The highest BCUT2D eigenvalue weighted by Gasteiger charge is 2.44. The summed E-state index contributed by atoms with van der Waals surface area (Å²) in [6.07, 6.45) is 1.94. The van der Waals surface area contributed by atoms with E-state index < -0.39 is 0 Å². The fraction of sp³-hybridized carbons (Fsp3) is 0.800. The molecule has 2 rings (SSSR count). The normalized spacial score (nSPS) is 23.9. The third kappa shape index (κ3) is 1.97. The molecule has 0 aromatic carbocycles. The number of amides is 3. The van der Waals surface area contributed by atoms with Gasteiger partial charge in [-0.3, -0.25) is 9.69 Å². The second-order valence-corrected chi connectivity index (χ2v) is 4.50. The number of carbonyl (C=O) groups excluding carboxylic acids is 2. The lowest BCUT2D eigenvalue weighted by Gasteiger charge is -2.19. The first-order chi connectivity index (χ1) is 7.13. The molecule has 0 bridgehead atoms. The zero-order valence-corrected chi connectivity index (χ0v) is 8.98. The maximum atomic E-state index is 11.8. The molecule has 1 saturated carbocycles. The summed E-state index contributed by atoms with van der Waals surface area (Å²) in [5, 5.41) is 0. The summed E-state index contributed by atoms with van der Waals surface area (Å²) in [4.78, 5) is 26.4. The van der Waals surface area contributed by atoms with Crippen LogP contribution in [0.2, 0.25) is 0 Å². The summed E-state index contributed by atoms with van der Waals surface area (Å²) in [5.74, 6) is 0.202. The smallest absolute Gasteiger partial charge is 0.327 e. The summed E-state index contributed by atoms with van der Waals surface area (Å²) in [6.45, 7) is 3.35. The topological polar surface area (TPSA) is 66.6 Å². The second kappa shape index (κ2) is 3.81. The van der Waals surface area contributed by atoms with Gasteiger partial charge in [-0.2, -0.15) is 0 Å². The number of rotatable bonds is 4. The monoisotopic (exact) mass is 211 g/mol. The van der Waals surface area contributed by atoms with Gasteiger partial charge in [0.2, 0.25) is 0 Å². The van der Waals surface area contributed by atoms with Crippen LogP contribution < -0.4 is 5.73 Å². The summed E-state index contributed by atoms with van der Waals surface area (Å²) in [6, 6.07) is 0.0611. The van der Waals surface area contributed by atoms with E-state index in [-0.39, 0.29) is 30.4 Å². The molecule has 1 heterocycles. The minimum Gasteiger partial charge on any atom is -0.330 e. The van der Waals surface area contributed by atoms with Gasteiger partial charge in [0.1, 0.15) is 6.54 Å². The van der Waals surface area contributed by atoms with Crippen LogP contribution in [0.1, 0.15) is 19.8 Å². The molecule has 84 valence electrons. The van der Waals surface area contributed by atoms with Gasteiger partial charge in [0.15, 0.2) is 0 Å². The second-order valence-electron chi connectivity index (χ2n) is 4.50. The molecule has 1 saturated heterocycles. The van der Waals surface area contributed by atoms with E-state index in [1.807, 2.05) is 6.92 Å². The third-order valence-electron chi connectivity index (χ3n) is 2.92. The number of nitrogens with two attached hydrogens (primary N) is 1. The standard InChI is InChI=1S/C10H17N3O2/c1-7(4-11)5-12-6-9(14)13(10(12)15)8-2-3-8/h7-8H,2-6,11H2,1H3. The van der Waals surface area contributed by atoms with Crippen molar-refractivity contribution in [1.82, 2.24) is 9.80 Å². The maximum absolute atomic E-state index is 11.8. The van der Waals surface area contributed by atoms with Gasteiger partial charge in [0.05, 0.1) is 0 Å². The predicted octanol–water partition coefficient (Wildman–Crippen LogP) is 0.00780. The van der Waals surface area contributed by atoms with Gasteiger partial charge in [0.25, 0.3) is 5.91 Å². The molecular formula is C10H17N3O2. The molecule has 1 aliphatic carbocycles. The first-order valence-corrected chi connectivity index (χ1v) is 5.44. The maximum Gasteiger partial charge on any atom is 0.327 e. The number of hydrogen-bond acceptors (Lipinski definition) is 3. The van der Waals surface area contributed by atoms with Crippen molar-refractivity contribution in [2.24, 2.45) is 11.7 Å². The molecule has 3 amide bonds. The molecule has 2 N–H and O–H groups in total. The highest BCUT2D eigenvalue weighted by molar-refractivity contribution is 6.02. The van der Waals surface area contributed by atoms with E-state index in [1.54, 1.807) is 4.90 Å². The lowest BCUT2D eigenvalue weighted by atomic mass is 10.2. The van der Waals surface area contributed by atoms with E-state index >= 15 is 0 Å². The Labute approximate surface area is 89.2 Å². The Kier molecular flexibility index (Phi) is 2.65. The molecule has 0 radical (unpaired) electrons.